The minimum atomic E-state index is 0.380. The van der Waals surface area contributed by atoms with Crippen molar-refractivity contribution in [2.75, 3.05) is 7.11 Å². The second-order valence-corrected chi connectivity index (χ2v) is 5.02. The molecule has 100 valence electrons. The van der Waals surface area contributed by atoms with E-state index in [1.54, 1.807) is 13.2 Å². The number of methoxy groups -OCH3 is 1. The predicted molar refractivity (Wildman–Crippen MR) is 81.5 cm³/mol. The highest BCUT2D eigenvalue weighted by Crippen LogP contribution is 2.36. The van der Waals surface area contributed by atoms with Gasteiger partial charge in [0, 0.05) is 21.4 Å². The van der Waals surface area contributed by atoms with E-state index in [2.05, 4.69) is 10.2 Å². The average Bonchev–Trinajstić information content (AvgIpc) is 2.48. The van der Waals surface area contributed by atoms with Crippen LogP contribution in [-0.4, -0.2) is 17.3 Å². The van der Waals surface area contributed by atoms with Gasteiger partial charge in [-0.05, 0) is 18.2 Å². The Morgan fingerprint density at radius 2 is 1.70 bits per heavy atom. The van der Waals surface area contributed by atoms with Gasteiger partial charge in [0.05, 0.1) is 7.11 Å². The molecule has 0 aliphatic carbocycles. The molecular weight excluding hydrogens is 295 g/mol. The normalized spacial score (nSPS) is 10.8. The Morgan fingerprint density at radius 1 is 0.950 bits per heavy atom. The molecule has 1 heterocycles. The zero-order chi connectivity index (χ0) is 14.1. The Balaban J connectivity index is 2.36. The van der Waals surface area contributed by atoms with Crippen molar-refractivity contribution in [2.45, 2.75) is 0 Å². The molecule has 0 saturated carbocycles. The number of aromatic nitrogens is 2. The molecule has 3 rings (SSSR count). The summed E-state index contributed by atoms with van der Waals surface area (Å²) in [5.74, 6) is 0.691. The SMILES string of the molecule is COc1ccc(Cl)cc1-c1nnc(Cl)c2ccccc12. The molecular formula is C15H10Cl2N2O. The second-order valence-electron chi connectivity index (χ2n) is 4.23. The van der Waals surface area contributed by atoms with Crippen LogP contribution in [0.15, 0.2) is 42.5 Å². The molecule has 0 atom stereocenters. The number of nitrogens with zero attached hydrogens (tertiary/aromatic N) is 2. The molecule has 2 aromatic carbocycles. The largest absolute Gasteiger partial charge is 0.496 e. The van der Waals surface area contributed by atoms with Crippen molar-refractivity contribution in [3.63, 3.8) is 0 Å². The molecule has 0 bridgehead atoms. The van der Waals surface area contributed by atoms with Crippen molar-refractivity contribution < 1.29 is 4.74 Å². The summed E-state index contributed by atoms with van der Waals surface area (Å²) < 4.78 is 5.37. The van der Waals surface area contributed by atoms with Crippen molar-refractivity contribution >= 4 is 34.0 Å². The van der Waals surface area contributed by atoms with Crippen molar-refractivity contribution in [3.05, 3.63) is 52.6 Å². The standard InChI is InChI=1S/C15H10Cl2N2O/c1-20-13-7-6-9(16)8-12(13)14-10-4-2-3-5-11(10)15(17)19-18-14/h2-8H,1H3. The smallest absolute Gasteiger partial charge is 0.159 e. The Bertz CT molecular complexity index is 790. The van der Waals surface area contributed by atoms with E-state index in [1.165, 1.54) is 0 Å². The zero-order valence-electron chi connectivity index (χ0n) is 10.6. The van der Waals surface area contributed by atoms with E-state index in [4.69, 9.17) is 27.9 Å². The fraction of sp³-hybridized carbons (Fsp3) is 0.0667. The van der Waals surface area contributed by atoms with Gasteiger partial charge in [-0.3, -0.25) is 0 Å². The van der Waals surface area contributed by atoms with Gasteiger partial charge < -0.3 is 4.74 Å². The average molecular weight is 305 g/mol. The fourth-order valence-electron chi connectivity index (χ4n) is 2.14. The van der Waals surface area contributed by atoms with Crippen LogP contribution in [0.4, 0.5) is 0 Å². The monoisotopic (exact) mass is 304 g/mol. The summed E-state index contributed by atoms with van der Waals surface area (Å²) in [6.07, 6.45) is 0. The summed E-state index contributed by atoms with van der Waals surface area (Å²) >= 11 is 12.2. The summed E-state index contributed by atoms with van der Waals surface area (Å²) in [6.45, 7) is 0. The molecule has 0 N–H and O–H groups in total. The topological polar surface area (TPSA) is 35.0 Å². The Morgan fingerprint density at radius 3 is 2.45 bits per heavy atom. The van der Waals surface area contributed by atoms with E-state index in [0.717, 1.165) is 16.3 Å². The van der Waals surface area contributed by atoms with E-state index in [-0.39, 0.29) is 0 Å². The first-order chi connectivity index (χ1) is 9.70. The Hall–Kier alpha value is -1.84. The molecule has 0 spiro atoms. The van der Waals surface area contributed by atoms with Crippen molar-refractivity contribution in [1.82, 2.24) is 10.2 Å². The third-order valence-corrected chi connectivity index (χ3v) is 3.57. The predicted octanol–water partition coefficient (Wildman–Crippen LogP) is 4.61. The number of hydrogen-bond acceptors (Lipinski definition) is 3. The summed E-state index contributed by atoms with van der Waals surface area (Å²) in [6, 6.07) is 13.1. The Labute approximate surface area is 126 Å². The molecule has 0 aliphatic heterocycles. The van der Waals surface area contributed by atoms with Gasteiger partial charge in [0.1, 0.15) is 11.4 Å². The number of hydrogen-bond donors (Lipinski definition) is 0. The molecule has 3 aromatic rings. The first-order valence-corrected chi connectivity index (χ1v) is 6.71. The lowest BCUT2D eigenvalue weighted by atomic mass is 10.0. The van der Waals surface area contributed by atoms with Crippen LogP contribution in [0, 0.1) is 0 Å². The lowest BCUT2D eigenvalue weighted by Gasteiger charge is -2.10. The maximum Gasteiger partial charge on any atom is 0.159 e. The minimum Gasteiger partial charge on any atom is -0.496 e. The van der Waals surface area contributed by atoms with Gasteiger partial charge in [-0.25, -0.2) is 0 Å². The molecule has 0 amide bonds. The molecule has 1 aromatic heterocycles. The number of rotatable bonds is 2. The number of benzene rings is 2. The molecule has 3 nitrogen and oxygen atoms in total. The summed E-state index contributed by atoms with van der Waals surface area (Å²) in [4.78, 5) is 0. The van der Waals surface area contributed by atoms with Crippen LogP contribution in [-0.2, 0) is 0 Å². The summed E-state index contributed by atoms with van der Waals surface area (Å²) in [5, 5.41) is 11.0. The quantitative estimate of drug-likeness (QED) is 0.693. The molecule has 0 aliphatic rings. The van der Waals surface area contributed by atoms with Crippen molar-refractivity contribution in [2.24, 2.45) is 0 Å². The highest BCUT2D eigenvalue weighted by atomic mass is 35.5. The molecule has 0 radical (unpaired) electrons. The van der Waals surface area contributed by atoms with E-state index >= 15 is 0 Å². The highest BCUT2D eigenvalue weighted by molar-refractivity contribution is 6.34. The van der Waals surface area contributed by atoms with Crippen molar-refractivity contribution in [3.8, 4) is 17.0 Å². The third kappa shape index (κ3) is 2.19. The van der Waals surface area contributed by atoms with Crippen LogP contribution in [0.2, 0.25) is 10.2 Å². The molecule has 20 heavy (non-hydrogen) atoms. The van der Waals surface area contributed by atoms with Crippen LogP contribution >= 0.6 is 23.2 Å². The zero-order valence-corrected chi connectivity index (χ0v) is 12.1. The van der Waals surface area contributed by atoms with Crippen LogP contribution in [0.1, 0.15) is 0 Å². The minimum absolute atomic E-state index is 0.380. The summed E-state index contributed by atoms with van der Waals surface area (Å²) in [5.41, 5.74) is 1.49. The van der Waals surface area contributed by atoms with Gasteiger partial charge in [0.15, 0.2) is 5.15 Å². The van der Waals surface area contributed by atoms with Gasteiger partial charge in [0.2, 0.25) is 0 Å². The lowest BCUT2D eigenvalue weighted by molar-refractivity contribution is 0.416. The summed E-state index contributed by atoms with van der Waals surface area (Å²) in [7, 11) is 1.61. The van der Waals surface area contributed by atoms with Crippen LogP contribution in [0.5, 0.6) is 5.75 Å². The molecule has 0 unspecified atom stereocenters. The number of ether oxygens (including phenoxy) is 1. The third-order valence-electron chi connectivity index (χ3n) is 3.06. The Kier molecular flexibility index (Phi) is 3.47. The van der Waals surface area contributed by atoms with Gasteiger partial charge in [-0.2, -0.15) is 0 Å². The van der Waals surface area contributed by atoms with Crippen LogP contribution < -0.4 is 4.74 Å². The molecule has 0 fully saturated rings. The lowest BCUT2D eigenvalue weighted by Crippen LogP contribution is -1.94. The number of fused-ring (bicyclic) bond motifs is 1. The molecule has 0 saturated heterocycles. The van der Waals surface area contributed by atoms with Gasteiger partial charge in [-0.1, -0.05) is 47.5 Å². The van der Waals surface area contributed by atoms with Gasteiger partial charge >= 0.3 is 0 Å². The van der Waals surface area contributed by atoms with Gasteiger partial charge in [-0.15, -0.1) is 10.2 Å². The molecule has 5 heteroatoms. The van der Waals surface area contributed by atoms with Crippen LogP contribution in [0.25, 0.3) is 22.0 Å². The highest BCUT2D eigenvalue weighted by Gasteiger charge is 2.14. The van der Waals surface area contributed by atoms with Crippen LogP contribution in [0.3, 0.4) is 0 Å². The second kappa shape index (κ2) is 5.27. The first kappa shape index (κ1) is 13.2. The maximum atomic E-state index is 6.09. The fourth-order valence-corrected chi connectivity index (χ4v) is 2.51. The van der Waals surface area contributed by atoms with E-state index < -0.39 is 0 Å². The number of halogens is 2. The van der Waals surface area contributed by atoms with E-state index in [0.29, 0.717) is 21.6 Å². The van der Waals surface area contributed by atoms with Gasteiger partial charge in [0.25, 0.3) is 0 Å². The first-order valence-electron chi connectivity index (χ1n) is 5.95. The van der Waals surface area contributed by atoms with Crippen molar-refractivity contribution in [1.29, 1.82) is 0 Å². The van der Waals surface area contributed by atoms with E-state index in [1.807, 2.05) is 36.4 Å². The maximum absolute atomic E-state index is 6.09. The van der Waals surface area contributed by atoms with E-state index in [9.17, 15) is 0 Å².